The summed E-state index contributed by atoms with van der Waals surface area (Å²) in [6.45, 7) is 6.16. The van der Waals surface area contributed by atoms with Crippen LogP contribution in [0.15, 0.2) is 24.3 Å². The van der Waals surface area contributed by atoms with Crippen molar-refractivity contribution in [2.75, 3.05) is 31.1 Å². The summed E-state index contributed by atoms with van der Waals surface area (Å²) in [5, 5.41) is 11.7. The van der Waals surface area contributed by atoms with Crippen LogP contribution in [0.5, 0.6) is 0 Å². The number of nitrogens with zero attached hydrogens (tertiary/aromatic N) is 2. The molecule has 0 bridgehead atoms. The lowest BCUT2D eigenvalue weighted by Gasteiger charge is -2.27. The van der Waals surface area contributed by atoms with Gasteiger partial charge in [0.15, 0.2) is 5.82 Å². The van der Waals surface area contributed by atoms with Crippen LogP contribution in [-0.2, 0) is 0 Å². The minimum absolute atomic E-state index is 0.753. The van der Waals surface area contributed by atoms with Crippen molar-refractivity contribution in [3.8, 4) is 11.3 Å². The summed E-state index contributed by atoms with van der Waals surface area (Å²) in [4.78, 5) is 2.32. The number of nitrogens with one attached hydrogen (secondary N) is 2. The van der Waals surface area contributed by atoms with E-state index in [1.165, 1.54) is 5.56 Å². The first-order valence-electron chi connectivity index (χ1n) is 6.52. The van der Waals surface area contributed by atoms with E-state index < -0.39 is 0 Å². The second kappa shape index (κ2) is 5.23. The Balaban J connectivity index is 1.91. The number of halogens is 1. The molecule has 0 radical (unpaired) electrons. The van der Waals surface area contributed by atoms with Gasteiger partial charge in [0.05, 0.1) is 5.69 Å². The smallest absolute Gasteiger partial charge is 0.154 e. The Kier molecular flexibility index (Phi) is 3.44. The number of anilines is 1. The lowest BCUT2D eigenvalue weighted by Crippen LogP contribution is -2.43. The predicted octanol–water partition coefficient (Wildman–Crippen LogP) is 2.45. The Labute approximate surface area is 117 Å². The molecule has 19 heavy (non-hydrogen) atoms. The van der Waals surface area contributed by atoms with Gasteiger partial charge in [0.1, 0.15) is 0 Å². The fourth-order valence-corrected chi connectivity index (χ4v) is 2.60. The second-order valence-electron chi connectivity index (χ2n) is 4.79. The van der Waals surface area contributed by atoms with Crippen molar-refractivity contribution >= 4 is 17.4 Å². The van der Waals surface area contributed by atoms with Crippen LogP contribution in [-0.4, -0.2) is 36.4 Å². The highest BCUT2D eigenvalue weighted by atomic mass is 35.5. The van der Waals surface area contributed by atoms with Crippen molar-refractivity contribution in [2.24, 2.45) is 0 Å². The van der Waals surface area contributed by atoms with Gasteiger partial charge in [0.25, 0.3) is 0 Å². The Morgan fingerprint density at radius 2 is 1.84 bits per heavy atom. The van der Waals surface area contributed by atoms with Crippen LogP contribution in [0.1, 0.15) is 5.56 Å². The van der Waals surface area contributed by atoms with Crippen LogP contribution in [0.2, 0.25) is 5.02 Å². The summed E-state index contributed by atoms with van der Waals surface area (Å²) in [5.74, 6) is 1.06. The van der Waals surface area contributed by atoms with Crippen LogP contribution >= 0.6 is 11.6 Å². The van der Waals surface area contributed by atoms with Gasteiger partial charge in [0, 0.05) is 36.8 Å². The van der Waals surface area contributed by atoms with E-state index in [1.807, 2.05) is 24.3 Å². The fourth-order valence-electron chi connectivity index (χ4n) is 2.47. The molecule has 4 nitrogen and oxygen atoms in total. The van der Waals surface area contributed by atoms with E-state index in [9.17, 15) is 0 Å². The van der Waals surface area contributed by atoms with Crippen LogP contribution in [0.4, 0.5) is 5.82 Å². The first kappa shape index (κ1) is 12.5. The third kappa shape index (κ3) is 2.46. The maximum atomic E-state index is 5.92. The first-order valence-corrected chi connectivity index (χ1v) is 6.90. The van der Waals surface area contributed by atoms with E-state index in [1.54, 1.807) is 0 Å². The third-order valence-electron chi connectivity index (χ3n) is 3.53. The number of rotatable bonds is 2. The van der Waals surface area contributed by atoms with E-state index in [0.717, 1.165) is 48.3 Å². The molecule has 0 atom stereocenters. The lowest BCUT2D eigenvalue weighted by atomic mass is 10.1. The standard InChI is InChI=1S/C14H17ClN4/c1-10-13(11-2-4-12(15)5-3-11)17-18-14(10)19-8-6-16-7-9-19/h2-5,16H,6-9H2,1H3,(H,17,18). The Morgan fingerprint density at radius 3 is 2.53 bits per heavy atom. The molecule has 0 amide bonds. The average molecular weight is 277 g/mol. The van der Waals surface area contributed by atoms with Gasteiger partial charge < -0.3 is 10.2 Å². The van der Waals surface area contributed by atoms with Crippen molar-refractivity contribution < 1.29 is 0 Å². The van der Waals surface area contributed by atoms with Gasteiger partial charge in [-0.25, -0.2) is 0 Å². The van der Waals surface area contributed by atoms with Gasteiger partial charge in [-0.15, -0.1) is 0 Å². The van der Waals surface area contributed by atoms with Gasteiger partial charge in [-0.2, -0.15) is 5.10 Å². The van der Waals surface area contributed by atoms with Crippen molar-refractivity contribution in [1.29, 1.82) is 0 Å². The first-order chi connectivity index (χ1) is 9.25. The maximum absolute atomic E-state index is 5.92. The topological polar surface area (TPSA) is 44.0 Å². The van der Waals surface area contributed by atoms with E-state index in [0.29, 0.717) is 0 Å². The number of H-pyrrole nitrogens is 1. The minimum atomic E-state index is 0.753. The molecule has 0 spiro atoms. The van der Waals surface area contributed by atoms with Crippen LogP contribution in [0, 0.1) is 6.92 Å². The molecule has 1 aromatic heterocycles. The molecule has 3 rings (SSSR count). The van der Waals surface area contributed by atoms with E-state index in [4.69, 9.17) is 11.6 Å². The third-order valence-corrected chi connectivity index (χ3v) is 3.79. The Morgan fingerprint density at radius 1 is 1.16 bits per heavy atom. The predicted molar refractivity (Wildman–Crippen MR) is 78.9 cm³/mol. The Hall–Kier alpha value is -1.52. The summed E-state index contributed by atoms with van der Waals surface area (Å²) in [5.41, 5.74) is 3.39. The minimum Gasteiger partial charge on any atom is -0.352 e. The van der Waals surface area contributed by atoms with E-state index in [2.05, 4.69) is 27.3 Å². The summed E-state index contributed by atoms with van der Waals surface area (Å²) in [6.07, 6.45) is 0. The van der Waals surface area contributed by atoms with Crippen molar-refractivity contribution in [3.63, 3.8) is 0 Å². The van der Waals surface area contributed by atoms with Gasteiger partial charge in [-0.1, -0.05) is 23.7 Å². The van der Waals surface area contributed by atoms with Crippen LogP contribution in [0.25, 0.3) is 11.3 Å². The van der Waals surface area contributed by atoms with Gasteiger partial charge in [-0.05, 0) is 24.6 Å². The van der Waals surface area contributed by atoms with Gasteiger partial charge in [-0.3, -0.25) is 5.10 Å². The zero-order chi connectivity index (χ0) is 13.2. The van der Waals surface area contributed by atoms with E-state index >= 15 is 0 Å². The highest BCUT2D eigenvalue weighted by Gasteiger charge is 2.18. The molecule has 0 saturated carbocycles. The van der Waals surface area contributed by atoms with Crippen LogP contribution < -0.4 is 10.2 Å². The SMILES string of the molecule is Cc1c(N2CCNCC2)n[nH]c1-c1ccc(Cl)cc1. The molecule has 2 heterocycles. The second-order valence-corrected chi connectivity index (χ2v) is 5.23. The van der Waals surface area contributed by atoms with Crippen molar-refractivity contribution in [2.45, 2.75) is 6.92 Å². The summed E-state index contributed by atoms with van der Waals surface area (Å²) < 4.78 is 0. The zero-order valence-electron chi connectivity index (χ0n) is 10.9. The monoisotopic (exact) mass is 276 g/mol. The molecular formula is C14H17ClN4. The lowest BCUT2D eigenvalue weighted by molar-refractivity contribution is 0.584. The summed E-state index contributed by atoms with van der Waals surface area (Å²) in [7, 11) is 0. The molecule has 1 fully saturated rings. The summed E-state index contributed by atoms with van der Waals surface area (Å²) in [6, 6.07) is 7.85. The molecule has 100 valence electrons. The fraction of sp³-hybridized carbons (Fsp3) is 0.357. The Bertz CT molecular complexity index is 555. The quantitative estimate of drug-likeness (QED) is 0.886. The maximum Gasteiger partial charge on any atom is 0.154 e. The number of benzene rings is 1. The summed E-state index contributed by atoms with van der Waals surface area (Å²) >= 11 is 5.92. The molecule has 1 aromatic carbocycles. The molecule has 2 aromatic rings. The van der Waals surface area contributed by atoms with Crippen LogP contribution in [0.3, 0.4) is 0 Å². The molecule has 1 aliphatic rings. The number of piperazine rings is 1. The molecule has 1 aliphatic heterocycles. The molecule has 1 saturated heterocycles. The number of aromatic nitrogens is 2. The molecule has 2 N–H and O–H groups in total. The molecular weight excluding hydrogens is 260 g/mol. The van der Waals surface area contributed by atoms with Gasteiger partial charge in [0.2, 0.25) is 0 Å². The number of aromatic amines is 1. The zero-order valence-corrected chi connectivity index (χ0v) is 11.7. The van der Waals surface area contributed by atoms with Crippen molar-refractivity contribution in [1.82, 2.24) is 15.5 Å². The highest BCUT2D eigenvalue weighted by Crippen LogP contribution is 2.28. The average Bonchev–Trinajstić information content (AvgIpc) is 2.83. The molecule has 0 unspecified atom stereocenters. The van der Waals surface area contributed by atoms with Crippen molar-refractivity contribution in [3.05, 3.63) is 34.9 Å². The number of hydrogen-bond acceptors (Lipinski definition) is 3. The highest BCUT2D eigenvalue weighted by molar-refractivity contribution is 6.30. The van der Waals surface area contributed by atoms with Gasteiger partial charge >= 0.3 is 0 Å². The molecule has 0 aliphatic carbocycles. The molecule has 5 heteroatoms. The largest absolute Gasteiger partial charge is 0.352 e. The number of hydrogen-bond donors (Lipinski definition) is 2. The normalized spacial score (nSPS) is 15.8. The van der Waals surface area contributed by atoms with E-state index in [-0.39, 0.29) is 0 Å².